The molecule has 0 radical (unpaired) electrons. The largest absolute Gasteiger partial charge is 0.481 e. The molecule has 22 heavy (non-hydrogen) atoms. The van der Waals surface area contributed by atoms with E-state index in [9.17, 15) is 14.7 Å². The molecule has 5 nitrogen and oxygen atoms in total. The number of piperidine rings is 1. The van der Waals surface area contributed by atoms with Gasteiger partial charge in [0.15, 0.2) is 0 Å². The smallest absolute Gasteiger partial charge is 0.410 e. The van der Waals surface area contributed by atoms with E-state index in [1.165, 1.54) is 0 Å². The molecule has 0 aliphatic carbocycles. The SMILES string of the molecule is CCC(CC)CC1(C(=O)O)CCCN(C(=O)OC(C)(C)C)C1. The second-order valence-electron chi connectivity index (χ2n) is 7.48. The number of ether oxygens (including phenoxy) is 1. The highest BCUT2D eigenvalue weighted by molar-refractivity contribution is 5.77. The Kier molecular flexibility index (Phi) is 6.27. The number of likely N-dealkylation sites (tertiary alicyclic amines) is 1. The van der Waals surface area contributed by atoms with E-state index in [1.54, 1.807) is 4.90 Å². The number of hydrogen-bond donors (Lipinski definition) is 1. The van der Waals surface area contributed by atoms with Gasteiger partial charge in [0.1, 0.15) is 5.60 Å². The van der Waals surface area contributed by atoms with Crippen LogP contribution in [0.2, 0.25) is 0 Å². The standard InChI is InChI=1S/C17H31NO4/c1-6-13(7-2)11-17(14(19)20)9-8-10-18(12-17)15(21)22-16(3,4)5/h13H,6-12H2,1-5H3,(H,19,20). The molecular weight excluding hydrogens is 282 g/mol. The van der Waals surface area contributed by atoms with Gasteiger partial charge in [-0.05, 0) is 46.0 Å². The Hall–Kier alpha value is -1.26. The molecular formula is C17H31NO4. The molecule has 0 bridgehead atoms. The highest BCUT2D eigenvalue weighted by atomic mass is 16.6. The van der Waals surface area contributed by atoms with E-state index in [0.29, 0.717) is 31.7 Å². The fourth-order valence-electron chi connectivity index (χ4n) is 3.17. The van der Waals surface area contributed by atoms with Crippen molar-refractivity contribution < 1.29 is 19.4 Å². The van der Waals surface area contributed by atoms with Crippen molar-refractivity contribution in [3.63, 3.8) is 0 Å². The topological polar surface area (TPSA) is 66.8 Å². The van der Waals surface area contributed by atoms with Crippen molar-refractivity contribution in [3.8, 4) is 0 Å². The second kappa shape index (κ2) is 7.34. The molecule has 0 spiro atoms. The van der Waals surface area contributed by atoms with Gasteiger partial charge >= 0.3 is 12.1 Å². The van der Waals surface area contributed by atoms with Gasteiger partial charge in [-0.1, -0.05) is 26.7 Å². The lowest BCUT2D eigenvalue weighted by molar-refractivity contribution is -0.153. The molecule has 1 rings (SSSR count). The van der Waals surface area contributed by atoms with E-state index in [0.717, 1.165) is 12.8 Å². The minimum absolute atomic E-state index is 0.258. The molecule has 0 aromatic carbocycles. The monoisotopic (exact) mass is 313 g/mol. The maximum Gasteiger partial charge on any atom is 0.410 e. The number of hydrogen-bond acceptors (Lipinski definition) is 3. The average molecular weight is 313 g/mol. The maximum atomic E-state index is 12.3. The molecule has 1 fully saturated rings. The van der Waals surface area contributed by atoms with Gasteiger partial charge in [-0.15, -0.1) is 0 Å². The predicted octanol–water partition coefficient (Wildman–Crippen LogP) is 3.91. The third kappa shape index (κ3) is 4.89. The predicted molar refractivity (Wildman–Crippen MR) is 85.8 cm³/mol. The van der Waals surface area contributed by atoms with Gasteiger partial charge in [0, 0.05) is 13.1 Å². The molecule has 1 aliphatic rings. The Labute approximate surface area is 134 Å². The minimum Gasteiger partial charge on any atom is -0.481 e. The number of carbonyl (C=O) groups is 2. The fraction of sp³-hybridized carbons (Fsp3) is 0.882. The van der Waals surface area contributed by atoms with E-state index < -0.39 is 23.1 Å². The van der Waals surface area contributed by atoms with Crippen LogP contribution in [-0.2, 0) is 9.53 Å². The molecule has 1 N–H and O–H groups in total. The van der Waals surface area contributed by atoms with Gasteiger partial charge in [0.2, 0.25) is 0 Å². The van der Waals surface area contributed by atoms with Gasteiger partial charge in [-0.2, -0.15) is 0 Å². The summed E-state index contributed by atoms with van der Waals surface area (Å²) in [6, 6.07) is 0. The van der Waals surface area contributed by atoms with Crippen molar-refractivity contribution in [2.45, 2.75) is 72.3 Å². The Morgan fingerprint density at radius 1 is 1.27 bits per heavy atom. The summed E-state index contributed by atoms with van der Waals surface area (Å²) in [4.78, 5) is 25.8. The van der Waals surface area contributed by atoms with E-state index in [-0.39, 0.29) is 6.54 Å². The normalized spacial score (nSPS) is 22.7. The third-order valence-corrected chi connectivity index (χ3v) is 4.52. The Bertz CT molecular complexity index is 398. The van der Waals surface area contributed by atoms with Crippen molar-refractivity contribution in [1.29, 1.82) is 0 Å². The van der Waals surface area contributed by atoms with E-state index in [2.05, 4.69) is 13.8 Å². The lowest BCUT2D eigenvalue weighted by Gasteiger charge is -2.41. The third-order valence-electron chi connectivity index (χ3n) is 4.52. The first-order chi connectivity index (χ1) is 10.1. The Morgan fingerprint density at radius 2 is 1.86 bits per heavy atom. The molecule has 1 saturated heterocycles. The first kappa shape index (κ1) is 18.8. The molecule has 0 saturated carbocycles. The van der Waals surface area contributed by atoms with Crippen LogP contribution in [0.4, 0.5) is 4.79 Å². The van der Waals surface area contributed by atoms with E-state index >= 15 is 0 Å². The number of amides is 1. The number of rotatable bonds is 5. The van der Waals surface area contributed by atoms with Crippen molar-refractivity contribution >= 4 is 12.1 Å². The van der Waals surface area contributed by atoms with Crippen molar-refractivity contribution in [2.75, 3.05) is 13.1 Å². The van der Waals surface area contributed by atoms with Crippen molar-refractivity contribution in [1.82, 2.24) is 4.90 Å². The molecule has 1 atom stereocenters. The quantitative estimate of drug-likeness (QED) is 0.835. The number of carboxylic acid groups (broad SMARTS) is 1. The first-order valence-electron chi connectivity index (χ1n) is 8.35. The van der Waals surface area contributed by atoms with Crippen LogP contribution >= 0.6 is 0 Å². The lowest BCUT2D eigenvalue weighted by atomic mass is 9.72. The summed E-state index contributed by atoms with van der Waals surface area (Å²) in [6.45, 7) is 10.5. The number of carboxylic acids is 1. The van der Waals surface area contributed by atoms with Crippen LogP contribution in [0.25, 0.3) is 0 Å². The molecule has 0 aromatic rings. The van der Waals surface area contributed by atoms with Crippen molar-refractivity contribution in [2.24, 2.45) is 11.3 Å². The summed E-state index contributed by atoms with van der Waals surface area (Å²) >= 11 is 0. The highest BCUT2D eigenvalue weighted by Gasteiger charge is 2.45. The molecule has 128 valence electrons. The number of carbonyl (C=O) groups excluding carboxylic acids is 1. The van der Waals surface area contributed by atoms with Crippen LogP contribution in [0.15, 0.2) is 0 Å². The van der Waals surface area contributed by atoms with Gasteiger partial charge in [0.05, 0.1) is 5.41 Å². The summed E-state index contributed by atoms with van der Waals surface area (Å²) in [5.41, 5.74) is -1.39. The minimum atomic E-state index is -0.828. The van der Waals surface area contributed by atoms with E-state index in [1.807, 2.05) is 20.8 Å². The molecule has 1 unspecified atom stereocenters. The number of nitrogens with zero attached hydrogens (tertiary/aromatic N) is 1. The highest BCUT2D eigenvalue weighted by Crippen LogP contribution is 2.38. The molecule has 1 amide bonds. The van der Waals surface area contributed by atoms with Crippen LogP contribution < -0.4 is 0 Å². The van der Waals surface area contributed by atoms with Crippen LogP contribution in [0.5, 0.6) is 0 Å². The zero-order valence-corrected chi connectivity index (χ0v) is 14.6. The second-order valence-corrected chi connectivity index (χ2v) is 7.48. The van der Waals surface area contributed by atoms with E-state index in [4.69, 9.17) is 4.74 Å². The summed E-state index contributed by atoms with van der Waals surface area (Å²) in [5.74, 6) is -0.401. The van der Waals surface area contributed by atoms with Gasteiger partial charge in [-0.3, -0.25) is 4.79 Å². The maximum absolute atomic E-state index is 12.3. The summed E-state index contributed by atoms with van der Waals surface area (Å²) < 4.78 is 5.40. The number of aliphatic carboxylic acids is 1. The van der Waals surface area contributed by atoms with Gasteiger partial charge < -0.3 is 14.7 Å². The molecule has 0 aromatic heterocycles. The summed E-state index contributed by atoms with van der Waals surface area (Å²) in [7, 11) is 0. The zero-order valence-electron chi connectivity index (χ0n) is 14.6. The molecule has 1 heterocycles. The fourth-order valence-corrected chi connectivity index (χ4v) is 3.17. The first-order valence-corrected chi connectivity index (χ1v) is 8.35. The molecule has 1 aliphatic heterocycles. The van der Waals surface area contributed by atoms with Gasteiger partial charge in [-0.25, -0.2) is 4.79 Å². The van der Waals surface area contributed by atoms with Crippen LogP contribution in [-0.4, -0.2) is 40.8 Å². The van der Waals surface area contributed by atoms with Crippen LogP contribution in [0, 0.1) is 11.3 Å². The van der Waals surface area contributed by atoms with Crippen molar-refractivity contribution in [3.05, 3.63) is 0 Å². The summed E-state index contributed by atoms with van der Waals surface area (Å²) in [5, 5.41) is 9.78. The average Bonchev–Trinajstić information content (AvgIpc) is 2.43. The lowest BCUT2D eigenvalue weighted by Crippen LogP contribution is -2.51. The Morgan fingerprint density at radius 3 is 2.32 bits per heavy atom. The summed E-state index contributed by atoms with van der Waals surface area (Å²) in [6.07, 6.45) is 3.52. The molecule has 5 heteroatoms. The van der Waals surface area contributed by atoms with Crippen LogP contribution in [0.1, 0.15) is 66.7 Å². The zero-order chi connectivity index (χ0) is 17.0. The van der Waals surface area contributed by atoms with Crippen LogP contribution in [0.3, 0.4) is 0 Å². The Balaban J connectivity index is 2.87. The van der Waals surface area contributed by atoms with Gasteiger partial charge in [0.25, 0.3) is 0 Å².